The van der Waals surface area contributed by atoms with Crippen molar-refractivity contribution in [3.8, 4) is 11.4 Å². The van der Waals surface area contributed by atoms with Crippen LogP contribution in [0, 0.1) is 6.92 Å². The number of carbonyl (C=O) groups is 1. The van der Waals surface area contributed by atoms with E-state index >= 15 is 0 Å². The number of benzene rings is 2. The van der Waals surface area contributed by atoms with E-state index in [2.05, 4.69) is 72.0 Å². The molecule has 3 aromatic rings. The van der Waals surface area contributed by atoms with Gasteiger partial charge in [0.1, 0.15) is 0 Å². The van der Waals surface area contributed by atoms with Gasteiger partial charge in [0.05, 0.1) is 5.25 Å². The van der Waals surface area contributed by atoms with E-state index in [0.717, 1.165) is 34.3 Å². The normalized spacial score (nSPS) is 12.2. The Labute approximate surface area is 176 Å². The summed E-state index contributed by atoms with van der Waals surface area (Å²) in [4.78, 5) is 12.7. The predicted molar refractivity (Wildman–Crippen MR) is 120 cm³/mol. The van der Waals surface area contributed by atoms with Crippen LogP contribution in [0.2, 0.25) is 0 Å². The van der Waals surface area contributed by atoms with Crippen molar-refractivity contribution in [3.63, 3.8) is 0 Å². The molecule has 1 N–H and O–H groups in total. The number of aromatic nitrogens is 3. The van der Waals surface area contributed by atoms with Crippen LogP contribution < -0.4 is 5.32 Å². The molecular formula is C23H28N4OS. The lowest BCUT2D eigenvalue weighted by molar-refractivity contribution is -0.115. The molecule has 152 valence electrons. The van der Waals surface area contributed by atoms with E-state index in [1.165, 1.54) is 17.3 Å². The Morgan fingerprint density at radius 2 is 1.76 bits per heavy atom. The fraction of sp³-hybridized carbons (Fsp3) is 0.348. The lowest BCUT2D eigenvalue weighted by Gasteiger charge is -2.14. The highest BCUT2D eigenvalue weighted by molar-refractivity contribution is 8.00. The number of amides is 1. The Balaban J connectivity index is 1.72. The van der Waals surface area contributed by atoms with Crippen LogP contribution in [-0.2, 0) is 11.3 Å². The molecule has 3 rings (SSSR count). The largest absolute Gasteiger partial charge is 0.325 e. The highest BCUT2D eigenvalue weighted by Crippen LogP contribution is 2.29. The van der Waals surface area contributed by atoms with Crippen molar-refractivity contribution >= 4 is 23.4 Å². The maximum Gasteiger partial charge on any atom is 0.237 e. The van der Waals surface area contributed by atoms with E-state index in [1.54, 1.807) is 0 Å². The summed E-state index contributed by atoms with van der Waals surface area (Å²) in [6.07, 6.45) is 0. The van der Waals surface area contributed by atoms with Crippen LogP contribution in [0.15, 0.2) is 53.7 Å². The molecular weight excluding hydrogens is 380 g/mol. The van der Waals surface area contributed by atoms with Crippen LogP contribution in [0.5, 0.6) is 0 Å². The number of nitrogens with zero attached hydrogens (tertiary/aromatic N) is 3. The number of anilines is 1. The maximum absolute atomic E-state index is 12.7. The Morgan fingerprint density at radius 1 is 1.07 bits per heavy atom. The summed E-state index contributed by atoms with van der Waals surface area (Å²) in [6, 6.07) is 16.2. The summed E-state index contributed by atoms with van der Waals surface area (Å²) in [7, 11) is 0. The SMILES string of the molecule is CCn1c(S[C@@H](C)C(=O)Nc2ccc(C(C)C)cc2)nnc1-c1ccccc1C. The Kier molecular flexibility index (Phi) is 6.75. The number of rotatable bonds is 7. The first-order valence-corrected chi connectivity index (χ1v) is 10.8. The quantitative estimate of drug-likeness (QED) is 0.523. The van der Waals surface area contributed by atoms with E-state index in [9.17, 15) is 4.79 Å². The first-order chi connectivity index (χ1) is 13.9. The molecule has 1 amide bonds. The van der Waals surface area contributed by atoms with Crippen LogP contribution in [0.25, 0.3) is 11.4 Å². The zero-order valence-electron chi connectivity index (χ0n) is 17.6. The van der Waals surface area contributed by atoms with E-state index in [-0.39, 0.29) is 11.2 Å². The molecule has 0 aliphatic heterocycles. The number of hydrogen-bond acceptors (Lipinski definition) is 4. The first-order valence-electron chi connectivity index (χ1n) is 9.97. The molecule has 0 saturated carbocycles. The Bertz CT molecular complexity index is 979. The number of nitrogens with one attached hydrogen (secondary N) is 1. The molecule has 0 aliphatic carbocycles. The van der Waals surface area contributed by atoms with Gasteiger partial charge in [-0.2, -0.15) is 0 Å². The second-order valence-electron chi connectivity index (χ2n) is 7.39. The van der Waals surface area contributed by atoms with Crippen molar-refractivity contribution in [2.45, 2.75) is 57.5 Å². The molecule has 0 spiro atoms. The summed E-state index contributed by atoms with van der Waals surface area (Å²) < 4.78 is 2.06. The van der Waals surface area contributed by atoms with Gasteiger partial charge in [-0.1, -0.05) is 62.0 Å². The minimum absolute atomic E-state index is 0.0459. The van der Waals surface area contributed by atoms with Gasteiger partial charge in [0, 0.05) is 17.8 Å². The lowest BCUT2D eigenvalue weighted by Crippen LogP contribution is -2.23. The van der Waals surface area contributed by atoms with Gasteiger partial charge in [0.15, 0.2) is 11.0 Å². The average molecular weight is 409 g/mol. The van der Waals surface area contributed by atoms with Gasteiger partial charge >= 0.3 is 0 Å². The number of thioether (sulfide) groups is 1. The molecule has 0 aliphatic rings. The second kappa shape index (κ2) is 9.27. The first kappa shape index (κ1) is 21.1. The van der Waals surface area contributed by atoms with E-state index in [1.807, 2.05) is 31.2 Å². The fourth-order valence-electron chi connectivity index (χ4n) is 3.09. The summed E-state index contributed by atoms with van der Waals surface area (Å²) in [5, 5.41) is 12.2. The summed E-state index contributed by atoms with van der Waals surface area (Å²) >= 11 is 1.43. The zero-order chi connectivity index (χ0) is 21.0. The fourth-order valence-corrected chi connectivity index (χ4v) is 4.00. The highest BCUT2D eigenvalue weighted by atomic mass is 32.2. The van der Waals surface area contributed by atoms with Gasteiger partial charge in [0.2, 0.25) is 5.91 Å². The molecule has 29 heavy (non-hydrogen) atoms. The minimum Gasteiger partial charge on any atom is -0.325 e. The summed E-state index contributed by atoms with van der Waals surface area (Å²) in [5.41, 5.74) is 4.28. The smallest absolute Gasteiger partial charge is 0.237 e. The molecule has 0 saturated heterocycles. The molecule has 6 heteroatoms. The molecule has 0 unspecified atom stereocenters. The molecule has 0 radical (unpaired) electrons. The monoisotopic (exact) mass is 408 g/mol. The van der Waals surface area contributed by atoms with Crippen molar-refractivity contribution < 1.29 is 4.79 Å². The van der Waals surface area contributed by atoms with Gasteiger partial charge in [-0.05, 0) is 49.9 Å². The number of carbonyl (C=O) groups excluding carboxylic acids is 1. The zero-order valence-corrected chi connectivity index (χ0v) is 18.5. The summed E-state index contributed by atoms with van der Waals surface area (Å²) in [6.45, 7) is 11.1. The molecule has 2 aromatic carbocycles. The molecule has 5 nitrogen and oxygen atoms in total. The van der Waals surface area contributed by atoms with Crippen molar-refractivity contribution in [3.05, 3.63) is 59.7 Å². The van der Waals surface area contributed by atoms with Crippen LogP contribution in [0.1, 0.15) is 44.7 Å². The number of aryl methyl sites for hydroxylation is 1. The third-order valence-electron chi connectivity index (χ3n) is 4.92. The average Bonchev–Trinajstić information content (AvgIpc) is 3.10. The summed E-state index contributed by atoms with van der Waals surface area (Å²) in [5.74, 6) is 1.26. The van der Waals surface area contributed by atoms with Crippen LogP contribution >= 0.6 is 11.8 Å². The molecule has 1 atom stereocenters. The van der Waals surface area contributed by atoms with E-state index < -0.39 is 0 Å². The Hall–Kier alpha value is -2.60. The van der Waals surface area contributed by atoms with Crippen molar-refractivity contribution in [2.24, 2.45) is 0 Å². The van der Waals surface area contributed by atoms with Crippen LogP contribution in [0.4, 0.5) is 5.69 Å². The Morgan fingerprint density at radius 3 is 2.38 bits per heavy atom. The van der Waals surface area contributed by atoms with Gasteiger partial charge in [-0.25, -0.2) is 0 Å². The molecule has 1 heterocycles. The van der Waals surface area contributed by atoms with Gasteiger partial charge in [-0.3, -0.25) is 4.79 Å². The van der Waals surface area contributed by atoms with Crippen molar-refractivity contribution in [2.75, 3.05) is 5.32 Å². The lowest BCUT2D eigenvalue weighted by atomic mass is 10.0. The third-order valence-corrected chi connectivity index (χ3v) is 6.00. The predicted octanol–water partition coefficient (Wildman–Crippen LogP) is 5.52. The molecule has 1 aromatic heterocycles. The van der Waals surface area contributed by atoms with Crippen molar-refractivity contribution in [1.29, 1.82) is 0 Å². The standard InChI is InChI=1S/C23H28N4OS/c1-6-27-21(20-10-8-7-9-16(20)4)25-26-23(27)29-17(5)22(28)24-19-13-11-18(12-14-19)15(2)3/h7-15,17H,6H2,1-5H3,(H,24,28)/t17-/m0/s1. The van der Waals surface area contributed by atoms with Gasteiger partial charge < -0.3 is 9.88 Å². The van der Waals surface area contributed by atoms with Crippen LogP contribution in [-0.4, -0.2) is 25.9 Å². The van der Waals surface area contributed by atoms with E-state index in [0.29, 0.717) is 5.92 Å². The topological polar surface area (TPSA) is 59.8 Å². The molecule has 0 fully saturated rings. The van der Waals surface area contributed by atoms with Gasteiger partial charge in [-0.15, -0.1) is 10.2 Å². The van der Waals surface area contributed by atoms with Crippen LogP contribution in [0.3, 0.4) is 0 Å². The van der Waals surface area contributed by atoms with Crippen molar-refractivity contribution in [1.82, 2.24) is 14.8 Å². The number of hydrogen-bond donors (Lipinski definition) is 1. The minimum atomic E-state index is -0.293. The van der Waals surface area contributed by atoms with Gasteiger partial charge in [0.25, 0.3) is 0 Å². The van der Waals surface area contributed by atoms with E-state index in [4.69, 9.17) is 0 Å². The third kappa shape index (κ3) is 4.88. The maximum atomic E-state index is 12.7. The molecule has 0 bridgehead atoms. The highest BCUT2D eigenvalue weighted by Gasteiger charge is 2.21. The second-order valence-corrected chi connectivity index (χ2v) is 8.70.